The van der Waals surface area contributed by atoms with Gasteiger partial charge >= 0.3 is 0 Å². The van der Waals surface area contributed by atoms with E-state index in [2.05, 4.69) is 9.88 Å². The first kappa shape index (κ1) is 16.2. The first-order valence-corrected chi connectivity index (χ1v) is 8.24. The molecular weight excluding hydrogens is 290 g/mol. The number of rotatable bonds is 5. The molecule has 0 aliphatic carbocycles. The molecule has 1 saturated heterocycles. The summed E-state index contributed by atoms with van der Waals surface area (Å²) in [5, 5.41) is 11.7. The van der Waals surface area contributed by atoms with Crippen molar-refractivity contribution < 1.29 is 9.84 Å². The maximum atomic E-state index is 10.8. The quantitative estimate of drug-likeness (QED) is 0.882. The zero-order valence-electron chi connectivity index (χ0n) is 13.6. The number of benzene rings is 1. The van der Waals surface area contributed by atoms with Crippen molar-refractivity contribution in [3.8, 4) is 5.75 Å². The van der Waals surface area contributed by atoms with E-state index in [-0.39, 0.29) is 0 Å². The molecule has 1 fully saturated rings. The Balaban J connectivity index is 1.81. The number of hydrogen-bond donors (Lipinski definition) is 2. The molecule has 0 spiro atoms. The summed E-state index contributed by atoms with van der Waals surface area (Å²) < 4.78 is 5.30. The zero-order chi connectivity index (χ0) is 16.2. The molecule has 0 amide bonds. The highest BCUT2D eigenvalue weighted by Crippen LogP contribution is 2.28. The molecule has 3 rings (SSSR count). The summed E-state index contributed by atoms with van der Waals surface area (Å²) in [6.07, 6.45) is 3.56. The van der Waals surface area contributed by atoms with E-state index in [4.69, 9.17) is 10.5 Å². The lowest BCUT2D eigenvalue weighted by Gasteiger charge is -2.33. The van der Waals surface area contributed by atoms with Gasteiger partial charge in [-0.1, -0.05) is 0 Å². The van der Waals surface area contributed by atoms with Crippen LogP contribution in [0.4, 0.5) is 0 Å². The number of β-amino-alcohol motifs (C(OH)–C–C–N with tert-alkyl or cyclic N) is 1. The van der Waals surface area contributed by atoms with Crippen LogP contribution in [0, 0.1) is 5.92 Å². The molecule has 2 heterocycles. The smallest absolute Gasteiger partial charge is 0.119 e. The average molecular weight is 315 g/mol. The van der Waals surface area contributed by atoms with Crippen LogP contribution in [0.2, 0.25) is 0 Å². The molecule has 1 aliphatic rings. The summed E-state index contributed by atoms with van der Waals surface area (Å²) in [4.78, 5) is 6.69. The summed E-state index contributed by atoms with van der Waals surface area (Å²) >= 11 is 0. The van der Waals surface area contributed by atoms with Crippen LogP contribution in [0.5, 0.6) is 5.75 Å². The summed E-state index contributed by atoms with van der Waals surface area (Å²) in [6, 6.07) is 7.66. The van der Waals surface area contributed by atoms with E-state index in [9.17, 15) is 5.11 Å². The highest BCUT2D eigenvalue weighted by Gasteiger charge is 2.22. The number of likely N-dealkylation sites (tertiary alicyclic amines) is 1. The number of aliphatic hydroxyl groups is 1. The molecule has 0 radical (unpaired) electrons. The molecule has 1 aromatic carbocycles. The van der Waals surface area contributed by atoms with Gasteiger partial charge in [0.15, 0.2) is 0 Å². The topological polar surface area (TPSA) is 71.6 Å². The van der Waals surface area contributed by atoms with Crippen molar-refractivity contribution in [2.24, 2.45) is 11.7 Å². The van der Waals surface area contributed by atoms with Crippen LogP contribution < -0.4 is 10.5 Å². The Labute approximate surface area is 137 Å². The van der Waals surface area contributed by atoms with Gasteiger partial charge in [-0.3, -0.25) is 4.98 Å². The SMILES string of the molecule is COc1ccc2nccc(C(O)CN3CCCC(CN)C3)c2c1. The van der Waals surface area contributed by atoms with Crippen LogP contribution in [0.3, 0.4) is 0 Å². The minimum absolute atomic E-state index is 0.538. The maximum Gasteiger partial charge on any atom is 0.119 e. The molecule has 0 bridgehead atoms. The predicted octanol–water partition coefficient (Wildman–Crippen LogP) is 1.95. The number of ether oxygens (including phenoxy) is 1. The standard InChI is InChI=1S/C18H25N3O2/c1-23-14-4-5-17-16(9-14)15(6-7-20-17)18(22)12-21-8-2-3-13(10-19)11-21/h4-7,9,13,18,22H,2-3,8,10-12,19H2,1H3. The third-order valence-corrected chi connectivity index (χ3v) is 4.71. The number of aromatic nitrogens is 1. The van der Waals surface area contributed by atoms with E-state index in [1.165, 1.54) is 6.42 Å². The molecule has 2 atom stereocenters. The molecule has 0 saturated carbocycles. The molecule has 23 heavy (non-hydrogen) atoms. The van der Waals surface area contributed by atoms with Crippen molar-refractivity contribution in [1.82, 2.24) is 9.88 Å². The zero-order valence-corrected chi connectivity index (χ0v) is 13.6. The highest BCUT2D eigenvalue weighted by atomic mass is 16.5. The number of nitrogens with two attached hydrogens (primary N) is 1. The largest absolute Gasteiger partial charge is 0.497 e. The average Bonchev–Trinajstić information content (AvgIpc) is 2.60. The molecule has 1 aliphatic heterocycles. The molecule has 1 aromatic heterocycles. The van der Waals surface area contributed by atoms with Crippen molar-refractivity contribution in [2.45, 2.75) is 18.9 Å². The molecule has 2 unspecified atom stereocenters. The van der Waals surface area contributed by atoms with Crippen LogP contribution in [0.1, 0.15) is 24.5 Å². The summed E-state index contributed by atoms with van der Waals surface area (Å²) in [5.41, 5.74) is 7.58. The van der Waals surface area contributed by atoms with Crippen LogP contribution in [-0.2, 0) is 0 Å². The van der Waals surface area contributed by atoms with Gasteiger partial charge in [0, 0.05) is 24.7 Å². The van der Waals surface area contributed by atoms with Crippen LogP contribution in [0.25, 0.3) is 10.9 Å². The van der Waals surface area contributed by atoms with E-state index in [1.807, 2.05) is 24.3 Å². The van der Waals surface area contributed by atoms with Crippen molar-refractivity contribution in [1.29, 1.82) is 0 Å². The first-order chi connectivity index (χ1) is 11.2. The van der Waals surface area contributed by atoms with Gasteiger partial charge in [-0.2, -0.15) is 0 Å². The van der Waals surface area contributed by atoms with Gasteiger partial charge in [-0.25, -0.2) is 0 Å². The third-order valence-electron chi connectivity index (χ3n) is 4.71. The predicted molar refractivity (Wildman–Crippen MR) is 91.5 cm³/mol. The number of hydrogen-bond acceptors (Lipinski definition) is 5. The number of methoxy groups -OCH3 is 1. The minimum atomic E-state index is -0.538. The molecule has 2 aromatic rings. The van der Waals surface area contributed by atoms with Crippen molar-refractivity contribution in [3.05, 3.63) is 36.0 Å². The monoisotopic (exact) mass is 315 g/mol. The van der Waals surface area contributed by atoms with Crippen molar-refractivity contribution >= 4 is 10.9 Å². The molecule has 124 valence electrons. The van der Waals surface area contributed by atoms with Crippen LogP contribution in [-0.4, -0.2) is 48.3 Å². The highest BCUT2D eigenvalue weighted by molar-refractivity contribution is 5.83. The lowest BCUT2D eigenvalue weighted by molar-refractivity contribution is 0.0866. The number of fused-ring (bicyclic) bond motifs is 1. The summed E-state index contributed by atoms with van der Waals surface area (Å²) in [5.74, 6) is 1.32. The molecular formula is C18H25N3O2. The second kappa shape index (κ2) is 7.25. The molecule has 5 heteroatoms. The van der Waals surface area contributed by atoms with E-state index in [0.717, 1.165) is 48.3 Å². The van der Waals surface area contributed by atoms with Gasteiger partial charge in [0.2, 0.25) is 0 Å². The fourth-order valence-corrected chi connectivity index (χ4v) is 3.42. The van der Waals surface area contributed by atoms with E-state index < -0.39 is 6.10 Å². The number of nitrogens with zero attached hydrogens (tertiary/aromatic N) is 2. The molecule has 3 N–H and O–H groups in total. The summed E-state index contributed by atoms with van der Waals surface area (Å²) in [6.45, 7) is 3.36. The van der Waals surface area contributed by atoms with Crippen molar-refractivity contribution in [3.63, 3.8) is 0 Å². The van der Waals surface area contributed by atoms with Crippen molar-refractivity contribution in [2.75, 3.05) is 33.3 Å². The number of pyridine rings is 1. The number of piperidine rings is 1. The Morgan fingerprint density at radius 2 is 2.30 bits per heavy atom. The Morgan fingerprint density at radius 3 is 3.09 bits per heavy atom. The van der Waals surface area contributed by atoms with E-state index >= 15 is 0 Å². The lowest BCUT2D eigenvalue weighted by atomic mass is 9.97. The Bertz CT molecular complexity index is 662. The molecule has 5 nitrogen and oxygen atoms in total. The lowest BCUT2D eigenvalue weighted by Crippen LogP contribution is -2.40. The van der Waals surface area contributed by atoms with E-state index in [0.29, 0.717) is 12.5 Å². The van der Waals surface area contributed by atoms with Gasteiger partial charge in [0.05, 0.1) is 18.7 Å². The minimum Gasteiger partial charge on any atom is -0.497 e. The Kier molecular flexibility index (Phi) is 5.10. The second-order valence-electron chi connectivity index (χ2n) is 6.30. The Hall–Kier alpha value is -1.69. The fraction of sp³-hybridized carbons (Fsp3) is 0.500. The van der Waals surface area contributed by atoms with Gasteiger partial charge < -0.3 is 20.5 Å². The maximum absolute atomic E-state index is 10.8. The fourth-order valence-electron chi connectivity index (χ4n) is 3.42. The van der Waals surface area contributed by atoms with Gasteiger partial charge in [0.25, 0.3) is 0 Å². The summed E-state index contributed by atoms with van der Waals surface area (Å²) in [7, 11) is 1.65. The first-order valence-electron chi connectivity index (χ1n) is 8.24. The van der Waals surface area contributed by atoms with Gasteiger partial charge in [-0.05, 0) is 61.7 Å². The van der Waals surface area contributed by atoms with Crippen LogP contribution in [0.15, 0.2) is 30.5 Å². The normalized spacial score (nSPS) is 20.6. The van der Waals surface area contributed by atoms with Crippen LogP contribution >= 0.6 is 0 Å². The van der Waals surface area contributed by atoms with Gasteiger partial charge in [-0.15, -0.1) is 0 Å². The number of aliphatic hydroxyl groups excluding tert-OH is 1. The van der Waals surface area contributed by atoms with E-state index in [1.54, 1.807) is 13.3 Å². The van der Waals surface area contributed by atoms with Gasteiger partial charge in [0.1, 0.15) is 5.75 Å². The second-order valence-corrected chi connectivity index (χ2v) is 6.30. The Morgan fingerprint density at radius 1 is 1.43 bits per heavy atom. The third kappa shape index (κ3) is 3.63.